The van der Waals surface area contributed by atoms with E-state index < -0.39 is 0 Å². The summed E-state index contributed by atoms with van der Waals surface area (Å²) in [5, 5.41) is 2.53. The molecule has 2 aromatic rings. The molecule has 0 saturated heterocycles. The van der Waals surface area contributed by atoms with Crippen LogP contribution in [0, 0.1) is 0 Å². The predicted molar refractivity (Wildman–Crippen MR) is 71.4 cm³/mol. The van der Waals surface area contributed by atoms with Crippen molar-refractivity contribution in [2.24, 2.45) is 16.5 Å². The summed E-state index contributed by atoms with van der Waals surface area (Å²) in [6.07, 6.45) is 2.63. The maximum absolute atomic E-state index is 5.38. The zero-order valence-electron chi connectivity index (χ0n) is 9.56. The van der Waals surface area contributed by atoms with Gasteiger partial charge >= 0.3 is 0 Å². The Morgan fingerprint density at radius 1 is 1.12 bits per heavy atom. The average Bonchev–Trinajstić information content (AvgIpc) is 3.11. The second-order valence-corrected chi connectivity index (χ2v) is 4.56. The lowest BCUT2D eigenvalue weighted by Crippen LogP contribution is -2.21. The zero-order valence-corrected chi connectivity index (χ0v) is 9.56. The normalized spacial score (nSPS) is 14.8. The first kappa shape index (κ1) is 10.1. The third-order valence-corrected chi connectivity index (χ3v) is 3.17. The summed E-state index contributed by atoms with van der Waals surface area (Å²) in [6, 6.07) is 12.5. The van der Waals surface area contributed by atoms with Crippen LogP contribution in [0.1, 0.15) is 24.3 Å². The Morgan fingerprint density at radius 3 is 2.65 bits per heavy atom. The van der Waals surface area contributed by atoms with Crippen LogP contribution in [0.2, 0.25) is 0 Å². The summed E-state index contributed by atoms with van der Waals surface area (Å²) in [6.45, 7) is 0. The largest absolute Gasteiger partial charge is 0.370 e. The summed E-state index contributed by atoms with van der Waals surface area (Å²) in [5.41, 5.74) is 13.0. The molecule has 0 aromatic heterocycles. The summed E-state index contributed by atoms with van der Waals surface area (Å²) in [4.78, 5) is 4.07. The number of rotatable bonds is 2. The van der Waals surface area contributed by atoms with Gasteiger partial charge in [0.15, 0.2) is 5.96 Å². The molecular weight excluding hydrogens is 210 g/mol. The molecule has 0 spiro atoms. The fourth-order valence-corrected chi connectivity index (χ4v) is 2.27. The van der Waals surface area contributed by atoms with E-state index in [1.54, 1.807) is 0 Å². The maximum Gasteiger partial charge on any atom is 0.191 e. The van der Waals surface area contributed by atoms with Crippen LogP contribution in [0.3, 0.4) is 0 Å². The van der Waals surface area contributed by atoms with Crippen molar-refractivity contribution in [1.29, 1.82) is 0 Å². The zero-order chi connectivity index (χ0) is 11.8. The average molecular weight is 225 g/mol. The first-order chi connectivity index (χ1) is 8.24. The van der Waals surface area contributed by atoms with Crippen molar-refractivity contribution in [2.45, 2.75) is 18.8 Å². The molecule has 0 amide bonds. The minimum Gasteiger partial charge on any atom is -0.370 e. The number of guanidine groups is 1. The molecular formula is C14H15N3. The Labute approximate surface area is 100 Å². The van der Waals surface area contributed by atoms with E-state index in [0.717, 1.165) is 11.6 Å². The Balaban J connectivity index is 2.14. The van der Waals surface area contributed by atoms with Gasteiger partial charge in [-0.05, 0) is 47.2 Å². The molecule has 3 rings (SSSR count). The molecule has 0 aliphatic heterocycles. The van der Waals surface area contributed by atoms with Gasteiger partial charge in [-0.2, -0.15) is 0 Å². The van der Waals surface area contributed by atoms with E-state index in [-0.39, 0.29) is 5.96 Å². The van der Waals surface area contributed by atoms with E-state index in [0.29, 0.717) is 0 Å². The van der Waals surface area contributed by atoms with Crippen molar-refractivity contribution in [3.8, 4) is 0 Å². The molecule has 1 aliphatic rings. The number of nitrogens with two attached hydrogens (primary N) is 2. The summed E-state index contributed by atoms with van der Waals surface area (Å²) in [5.74, 6) is 0.857. The Kier molecular flexibility index (Phi) is 2.25. The number of nitrogens with zero attached hydrogens (tertiary/aromatic N) is 1. The van der Waals surface area contributed by atoms with Crippen molar-refractivity contribution in [2.75, 3.05) is 0 Å². The highest BCUT2D eigenvalue weighted by Gasteiger charge is 2.24. The van der Waals surface area contributed by atoms with E-state index in [2.05, 4.69) is 29.3 Å². The van der Waals surface area contributed by atoms with Gasteiger partial charge in [0.25, 0.3) is 0 Å². The smallest absolute Gasteiger partial charge is 0.191 e. The van der Waals surface area contributed by atoms with Gasteiger partial charge in [-0.1, -0.05) is 24.3 Å². The third-order valence-electron chi connectivity index (χ3n) is 3.17. The number of benzene rings is 2. The van der Waals surface area contributed by atoms with Gasteiger partial charge in [-0.15, -0.1) is 0 Å². The molecule has 0 heterocycles. The minimum atomic E-state index is 0.0997. The molecule has 1 fully saturated rings. The fourth-order valence-electron chi connectivity index (χ4n) is 2.27. The molecule has 86 valence electrons. The van der Waals surface area contributed by atoms with E-state index in [9.17, 15) is 0 Å². The first-order valence-electron chi connectivity index (χ1n) is 5.86. The maximum atomic E-state index is 5.38. The number of aliphatic imine (C=N–C) groups is 1. The molecule has 3 heteroatoms. The van der Waals surface area contributed by atoms with E-state index in [1.807, 2.05) is 12.1 Å². The lowest BCUT2D eigenvalue weighted by atomic mass is 10.0. The van der Waals surface area contributed by atoms with E-state index in [4.69, 9.17) is 11.5 Å². The summed E-state index contributed by atoms with van der Waals surface area (Å²) < 4.78 is 0. The summed E-state index contributed by atoms with van der Waals surface area (Å²) in [7, 11) is 0. The van der Waals surface area contributed by atoms with Gasteiger partial charge in [-0.3, -0.25) is 0 Å². The minimum absolute atomic E-state index is 0.0997. The Bertz CT molecular complexity index is 593. The lowest BCUT2D eigenvalue weighted by Gasteiger charge is -2.05. The molecule has 0 unspecified atom stereocenters. The van der Waals surface area contributed by atoms with Crippen molar-refractivity contribution in [3.63, 3.8) is 0 Å². The number of fused-ring (bicyclic) bond motifs is 1. The van der Waals surface area contributed by atoms with Crippen LogP contribution in [0.4, 0.5) is 5.69 Å². The third kappa shape index (κ3) is 1.96. The van der Waals surface area contributed by atoms with Gasteiger partial charge in [0.05, 0.1) is 5.69 Å². The highest BCUT2D eigenvalue weighted by Crippen LogP contribution is 2.43. The van der Waals surface area contributed by atoms with E-state index in [1.165, 1.54) is 29.2 Å². The van der Waals surface area contributed by atoms with Crippen molar-refractivity contribution in [1.82, 2.24) is 0 Å². The van der Waals surface area contributed by atoms with Crippen molar-refractivity contribution < 1.29 is 0 Å². The quantitative estimate of drug-likeness (QED) is 0.609. The number of hydrogen-bond acceptors (Lipinski definition) is 1. The molecule has 0 radical (unpaired) electrons. The van der Waals surface area contributed by atoms with Gasteiger partial charge in [0.2, 0.25) is 0 Å². The second-order valence-electron chi connectivity index (χ2n) is 4.56. The summed E-state index contributed by atoms with van der Waals surface area (Å²) >= 11 is 0. The van der Waals surface area contributed by atoms with Crippen LogP contribution in [-0.4, -0.2) is 5.96 Å². The van der Waals surface area contributed by atoms with Gasteiger partial charge in [0.1, 0.15) is 0 Å². The van der Waals surface area contributed by atoms with Crippen LogP contribution in [0.5, 0.6) is 0 Å². The van der Waals surface area contributed by atoms with Gasteiger partial charge in [0, 0.05) is 0 Å². The molecule has 17 heavy (non-hydrogen) atoms. The molecule has 1 saturated carbocycles. The van der Waals surface area contributed by atoms with Crippen molar-refractivity contribution >= 4 is 22.4 Å². The number of hydrogen-bond donors (Lipinski definition) is 2. The first-order valence-corrected chi connectivity index (χ1v) is 5.86. The predicted octanol–water partition coefficient (Wildman–Crippen LogP) is 2.62. The van der Waals surface area contributed by atoms with E-state index >= 15 is 0 Å². The standard InChI is InChI=1S/C14H15N3/c15-14(16)17-11-6-7-13-10(8-11)2-1-3-12(13)9-4-5-9/h1-3,6-9H,4-5H2,(H4,15,16,17). The molecule has 3 nitrogen and oxygen atoms in total. The van der Waals surface area contributed by atoms with Crippen LogP contribution in [0.15, 0.2) is 41.4 Å². The molecule has 2 aromatic carbocycles. The van der Waals surface area contributed by atoms with Crippen LogP contribution in [-0.2, 0) is 0 Å². The van der Waals surface area contributed by atoms with Crippen LogP contribution < -0.4 is 11.5 Å². The second kappa shape index (κ2) is 3.77. The lowest BCUT2D eigenvalue weighted by molar-refractivity contribution is 1.15. The van der Waals surface area contributed by atoms with Crippen LogP contribution >= 0.6 is 0 Å². The Morgan fingerprint density at radius 2 is 1.94 bits per heavy atom. The topological polar surface area (TPSA) is 64.4 Å². The van der Waals surface area contributed by atoms with Crippen molar-refractivity contribution in [3.05, 3.63) is 42.0 Å². The highest BCUT2D eigenvalue weighted by atomic mass is 15.0. The van der Waals surface area contributed by atoms with Gasteiger partial charge < -0.3 is 11.5 Å². The monoisotopic (exact) mass is 225 g/mol. The highest BCUT2D eigenvalue weighted by molar-refractivity contribution is 5.90. The molecule has 0 bridgehead atoms. The van der Waals surface area contributed by atoms with Crippen LogP contribution in [0.25, 0.3) is 10.8 Å². The SMILES string of the molecule is NC(N)=Nc1ccc2c(C3CC3)cccc2c1. The van der Waals surface area contributed by atoms with Gasteiger partial charge in [-0.25, -0.2) is 4.99 Å². The fraction of sp³-hybridized carbons (Fsp3) is 0.214. The molecule has 1 aliphatic carbocycles. The molecule has 4 N–H and O–H groups in total. The Hall–Kier alpha value is -2.03. The molecule has 0 atom stereocenters.